The van der Waals surface area contributed by atoms with E-state index >= 15 is 0 Å². The van der Waals surface area contributed by atoms with Gasteiger partial charge in [-0.2, -0.15) is 0 Å². The fourth-order valence-corrected chi connectivity index (χ4v) is 5.97. The van der Waals surface area contributed by atoms with E-state index in [4.69, 9.17) is 0 Å². The zero-order valence-electron chi connectivity index (χ0n) is 21.2. The highest BCUT2D eigenvalue weighted by molar-refractivity contribution is 7.92. The highest BCUT2D eigenvalue weighted by Gasteiger charge is 2.28. The molecule has 9 heteroatoms. The Morgan fingerprint density at radius 1 is 0.946 bits per heavy atom. The third-order valence-corrected chi connectivity index (χ3v) is 8.23. The van der Waals surface area contributed by atoms with Gasteiger partial charge in [0.15, 0.2) is 0 Å². The highest BCUT2D eigenvalue weighted by Crippen LogP contribution is 2.26. The minimum atomic E-state index is -3.93. The van der Waals surface area contributed by atoms with Gasteiger partial charge in [0.25, 0.3) is 10.0 Å². The summed E-state index contributed by atoms with van der Waals surface area (Å²) in [6, 6.07) is 23.5. The summed E-state index contributed by atoms with van der Waals surface area (Å²) in [7, 11) is -3.93. The van der Waals surface area contributed by atoms with Gasteiger partial charge in [0.1, 0.15) is 0 Å². The second kappa shape index (κ2) is 11.8. The molecule has 0 spiro atoms. The molecule has 1 fully saturated rings. The van der Waals surface area contributed by atoms with Crippen LogP contribution in [0.25, 0.3) is 0 Å². The number of benzene rings is 3. The Morgan fingerprint density at radius 3 is 2.16 bits per heavy atom. The van der Waals surface area contributed by atoms with Gasteiger partial charge in [-0.15, -0.1) is 0 Å². The molecule has 0 aromatic heterocycles. The van der Waals surface area contributed by atoms with Gasteiger partial charge < -0.3 is 15.3 Å². The maximum Gasteiger partial charge on any atom is 0.264 e. The van der Waals surface area contributed by atoms with Gasteiger partial charge in [0, 0.05) is 51.0 Å². The maximum atomic E-state index is 13.7. The minimum Gasteiger partial charge on any atom is -0.390 e. The van der Waals surface area contributed by atoms with E-state index in [1.54, 1.807) is 48.5 Å². The van der Waals surface area contributed by atoms with Crippen molar-refractivity contribution in [3.8, 4) is 0 Å². The number of carbonyl (C=O) groups excluding carboxylic acids is 1. The summed E-state index contributed by atoms with van der Waals surface area (Å²) >= 11 is 0. The van der Waals surface area contributed by atoms with Gasteiger partial charge in [-0.05, 0) is 55.5 Å². The molecule has 0 radical (unpaired) electrons. The molecule has 0 aliphatic carbocycles. The summed E-state index contributed by atoms with van der Waals surface area (Å²) < 4.78 is 28.6. The molecule has 196 valence electrons. The number of anilines is 3. The van der Waals surface area contributed by atoms with E-state index < -0.39 is 16.1 Å². The van der Waals surface area contributed by atoms with Crippen LogP contribution in [0.5, 0.6) is 0 Å². The number of carbonyl (C=O) groups is 1. The average Bonchev–Trinajstić information content (AvgIpc) is 2.89. The molecule has 0 saturated carbocycles. The van der Waals surface area contributed by atoms with Crippen molar-refractivity contribution < 1.29 is 18.3 Å². The number of nitrogens with zero attached hydrogens (tertiary/aromatic N) is 3. The number of β-amino-alcohol motifs (C(OH)–C–C–N with tert-alkyl or cyclic N) is 1. The summed E-state index contributed by atoms with van der Waals surface area (Å²) in [5.74, 6) is -0.209. The Bertz CT molecular complexity index is 1270. The van der Waals surface area contributed by atoms with Crippen molar-refractivity contribution in [2.75, 3.05) is 53.8 Å². The lowest BCUT2D eigenvalue weighted by molar-refractivity contribution is -0.114. The van der Waals surface area contributed by atoms with Gasteiger partial charge in [0.05, 0.1) is 23.2 Å². The first-order valence-electron chi connectivity index (χ1n) is 12.4. The number of aliphatic hydroxyl groups excluding tert-OH is 1. The third-order valence-electron chi connectivity index (χ3n) is 6.42. The van der Waals surface area contributed by atoms with E-state index in [0.29, 0.717) is 17.9 Å². The summed E-state index contributed by atoms with van der Waals surface area (Å²) in [4.78, 5) is 16.0. The molecule has 1 unspecified atom stereocenters. The molecule has 3 aromatic carbocycles. The van der Waals surface area contributed by atoms with Crippen molar-refractivity contribution in [1.82, 2.24) is 4.90 Å². The van der Waals surface area contributed by atoms with Crippen LogP contribution in [0.2, 0.25) is 0 Å². The van der Waals surface area contributed by atoms with Crippen LogP contribution in [0.1, 0.15) is 12.5 Å². The minimum absolute atomic E-state index is 0.0887. The topological polar surface area (TPSA) is 93.2 Å². The molecule has 1 heterocycles. The summed E-state index contributed by atoms with van der Waals surface area (Å²) in [5, 5.41) is 13.7. The van der Waals surface area contributed by atoms with Crippen LogP contribution in [-0.4, -0.2) is 69.7 Å². The van der Waals surface area contributed by atoms with Crippen molar-refractivity contribution in [1.29, 1.82) is 0 Å². The summed E-state index contributed by atoms with van der Waals surface area (Å²) in [6.07, 6.45) is -0.890. The van der Waals surface area contributed by atoms with Crippen LogP contribution < -0.4 is 14.5 Å². The Morgan fingerprint density at radius 2 is 1.57 bits per heavy atom. The van der Waals surface area contributed by atoms with Gasteiger partial charge >= 0.3 is 0 Å². The Kier molecular flexibility index (Phi) is 8.48. The molecule has 3 aromatic rings. The molecule has 1 aliphatic heterocycles. The first-order chi connectivity index (χ1) is 17.7. The molecular weight excluding hydrogens is 488 g/mol. The second-order valence-electron chi connectivity index (χ2n) is 9.35. The predicted molar refractivity (Wildman–Crippen MR) is 148 cm³/mol. The zero-order valence-corrected chi connectivity index (χ0v) is 22.1. The largest absolute Gasteiger partial charge is 0.390 e. The fraction of sp³-hybridized carbons (Fsp3) is 0.321. The number of amides is 1. The molecule has 1 saturated heterocycles. The van der Waals surface area contributed by atoms with E-state index in [9.17, 15) is 18.3 Å². The number of piperazine rings is 1. The van der Waals surface area contributed by atoms with Crippen LogP contribution in [-0.2, 0) is 14.8 Å². The van der Waals surface area contributed by atoms with Crippen molar-refractivity contribution in [2.24, 2.45) is 0 Å². The van der Waals surface area contributed by atoms with Crippen LogP contribution in [0.3, 0.4) is 0 Å². The number of hydrogen-bond acceptors (Lipinski definition) is 6. The molecule has 37 heavy (non-hydrogen) atoms. The molecule has 8 nitrogen and oxygen atoms in total. The maximum absolute atomic E-state index is 13.7. The number of aliphatic hydroxyl groups is 1. The summed E-state index contributed by atoms with van der Waals surface area (Å²) in [5.41, 5.74) is 3.13. The molecular formula is C28H34N4O4S. The van der Waals surface area contributed by atoms with E-state index in [1.807, 2.05) is 25.1 Å². The highest BCUT2D eigenvalue weighted by atomic mass is 32.2. The first kappa shape index (κ1) is 26.7. The Balaban J connectivity index is 1.48. The Hall–Kier alpha value is -3.40. The van der Waals surface area contributed by atoms with Crippen molar-refractivity contribution in [2.45, 2.75) is 24.8 Å². The van der Waals surface area contributed by atoms with Gasteiger partial charge in [-0.1, -0.05) is 35.9 Å². The molecule has 1 aliphatic rings. The van der Waals surface area contributed by atoms with Crippen molar-refractivity contribution in [3.63, 3.8) is 0 Å². The van der Waals surface area contributed by atoms with Gasteiger partial charge in [-0.3, -0.25) is 14.0 Å². The van der Waals surface area contributed by atoms with Crippen molar-refractivity contribution in [3.05, 3.63) is 84.4 Å². The standard InChI is InChI=1S/C28H34N4O4S/c1-22-8-14-28(15-9-22)37(35,36)32(26-12-10-24(11-13-26)29-23(2)33)21-27(34)20-30-16-18-31(19-17-30)25-6-4-3-5-7-25/h3-15,27,34H,16-21H2,1-2H3,(H,29,33). The van der Waals surface area contributed by atoms with Crippen LogP contribution in [0.4, 0.5) is 17.1 Å². The van der Waals surface area contributed by atoms with Crippen LogP contribution >= 0.6 is 0 Å². The third kappa shape index (κ3) is 6.88. The number of sulfonamides is 1. The lowest BCUT2D eigenvalue weighted by Gasteiger charge is -2.37. The van der Waals surface area contributed by atoms with E-state index in [-0.39, 0.29) is 17.3 Å². The first-order valence-corrected chi connectivity index (χ1v) is 13.8. The van der Waals surface area contributed by atoms with E-state index in [2.05, 4.69) is 27.2 Å². The fourth-order valence-electron chi connectivity index (χ4n) is 4.47. The number of nitrogens with one attached hydrogen (secondary N) is 1. The number of rotatable bonds is 9. The smallest absolute Gasteiger partial charge is 0.264 e. The summed E-state index contributed by atoms with van der Waals surface area (Å²) in [6.45, 7) is 6.83. The van der Waals surface area contributed by atoms with Crippen LogP contribution in [0, 0.1) is 6.92 Å². The lowest BCUT2D eigenvalue weighted by atomic mass is 10.2. The molecule has 0 bridgehead atoms. The van der Waals surface area contributed by atoms with Crippen LogP contribution in [0.15, 0.2) is 83.8 Å². The number of para-hydroxylation sites is 1. The Labute approximate surface area is 219 Å². The second-order valence-corrected chi connectivity index (χ2v) is 11.2. The van der Waals surface area contributed by atoms with Crippen molar-refractivity contribution >= 4 is 33.0 Å². The average molecular weight is 523 g/mol. The molecule has 1 atom stereocenters. The SMILES string of the molecule is CC(=O)Nc1ccc(N(CC(O)CN2CCN(c3ccccc3)CC2)S(=O)(=O)c2ccc(C)cc2)cc1. The predicted octanol–water partition coefficient (Wildman–Crippen LogP) is 3.33. The molecule has 2 N–H and O–H groups in total. The monoisotopic (exact) mass is 522 g/mol. The number of hydrogen-bond donors (Lipinski definition) is 2. The van der Waals surface area contributed by atoms with E-state index in [0.717, 1.165) is 31.7 Å². The quantitative estimate of drug-likeness (QED) is 0.448. The van der Waals surface area contributed by atoms with E-state index in [1.165, 1.54) is 16.9 Å². The zero-order chi connectivity index (χ0) is 26.4. The van der Waals surface area contributed by atoms with Gasteiger partial charge in [-0.25, -0.2) is 8.42 Å². The lowest BCUT2D eigenvalue weighted by Crippen LogP contribution is -2.50. The molecule has 1 amide bonds. The van der Waals surface area contributed by atoms with Gasteiger partial charge in [0.2, 0.25) is 5.91 Å². The normalized spacial score (nSPS) is 15.3. The molecule has 4 rings (SSSR count). The number of aryl methyl sites for hydroxylation is 1.